The van der Waals surface area contributed by atoms with Crippen molar-refractivity contribution in [2.45, 2.75) is 38.1 Å². The molecule has 0 spiro atoms. The van der Waals surface area contributed by atoms with Crippen LogP contribution < -0.4 is 5.32 Å². The normalized spacial score (nSPS) is 20.1. The molecule has 0 aliphatic carbocycles. The molecule has 1 aromatic carbocycles. The second kappa shape index (κ2) is 5.49. The van der Waals surface area contributed by atoms with Gasteiger partial charge in [0.2, 0.25) is 0 Å². The van der Waals surface area contributed by atoms with Crippen molar-refractivity contribution >= 4 is 10.9 Å². The lowest BCUT2D eigenvalue weighted by atomic mass is 9.96. The van der Waals surface area contributed by atoms with Gasteiger partial charge in [-0.15, -0.1) is 0 Å². The van der Waals surface area contributed by atoms with Gasteiger partial charge in [0.05, 0.1) is 5.52 Å². The molecule has 2 heteroatoms. The summed E-state index contributed by atoms with van der Waals surface area (Å²) >= 11 is 0. The number of aryl methyl sites for hydroxylation is 1. The van der Waals surface area contributed by atoms with Crippen molar-refractivity contribution in [2.75, 3.05) is 6.54 Å². The van der Waals surface area contributed by atoms with Crippen molar-refractivity contribution in [3.63, 3.8) is 0 Å². The van der Waals surface area contributed by atoms with Crippen LogP contribution in [0.4, 0.5) is 0 Å². The first-order valence-electron chi connectivity index (χ1n) is 6.99. The van der Waals surface area contributed by atoms with Crippen LogP contribution in [0.3, 0.4) is 0 Å². The summed E-state index contributed by atoms with van der Waals surface area (Å²) in [7, 11) is 0. The van der Waals surface area contributed by atoms with E-state index in [4.69, 9.17) is 0 Å². The maximum atomic E-state index is 4.42. The standard InChI is InChI=1S/C16H20N2/c1-2-7-16-15(6-1)13(10-12-18-16)8-9-14-5-3-4-11-17-14/h1-2,6-7,10,12,14,17H,3-5,8-9,11H2. The summed E-state index contributed by atoms with van der Waals surface area (Å²) in [5.74, 6) is 0. The fourth-order valence-corrected chi connectivity index (χ4v) is 2.87. The first-order valence-corrected chi connectivity index (χ1v) is 6.99. The van der Waals surface area contributed by atoms with Crippen LogP contribution in [0.25, 0.3) is 10.9 Å². The van der Waals surface area contributed by atoms with Crippen molar-refractivity contribution in [1.82, 2.24) is 10.3 Å². The van der Waals surface area contributed by atoms with Crippen LogP contribution in [0.15, 0.2) is 36.5 Å². The quantitative estimate of drug-likeness (QED) is 0.890. The molecule has 2 nitrogen and oxygen atoms in total. The highest BCUT2D eigenvalue weighted by atomic mass is 14.9. The maximum Gasteiger partial charge on any atom is 0.0704 e. The molecule has 1 fully saturated rings. The molecule has 1 unspecified atom stereocenters. The molecular formula is C16H20N2. The average Bonchev–Trinajstić information content (AvgIpc) is 2.46. The molecule has 3 rings (SSSR count). The lowest BCUT2D eigenvalue weighted by molar-refractivity contribution is 0.383. The zero-order valence-corrected chi connectivity index (χ0v) is 10.7. The Balaban J connectivity index is 1.74. The van der Waals surface area contributed by atoms with Gasteiger partial charge in [-0.25, -0.2) is 0 Å². The number of para-hydroxylation sites is 1. The molecular weight excluding hydrogens is 220 g/mol. The largest absolute Gasteiger partial charge is 0.314 e. The van der Waals surface area contributed by atoms with E-state index in [1.807, 2.05) is 6.20 Å². The van der Waals surface area contributed by atoms with Crippen LogP contribution in [-0.4, -0.2) is 17.6 Å². The third kappa shape index (κ3) is 2.54. The summed E-state index contributed by atoms with van der Waals surface area (Å²) in [5.41, 5.74) is 2.56. The van der Waals surface area contributed by atoms with E-state index in [9.17, 15) is 0 Å². The van der Waals surface area contributed by atoms with Crippen LogP contribution in [0.5, 0.6) is 0 Å². The van der Waals surface area contributed by atoms with Gasteiger partial charge in [0.1, 0.15) is 0 Å². The third-order valence-corrected chi connectivity index (χ3v) is 3.91. The highest BCUT2D eigenvalue weighted by molar-refractivity contribution is 5.81. The Morgan fingerprint density at radius 2 is 2.11 bits per heavy atom. The molecule has 2 heterocycles. The van der Waals surface area contributed by atoms with Gasteiger partial charge in [0.25, 0.3) is 0 Å². The smallest absolute Gasteiger partial charge is 0.0704 e. The number of nitrogens with zero attached hydrogens (tertiary/aromatic N) is 1. The van der Waals surface area contributed by atoms with Crippen molar-refractivity contribution < 1.29 is 0 Å². The van der Waals surface area contributed by atoms with Gasteiger partial charge >= 0.3 is 0 Å². The number of hydrogen-bond donors (Lipinski definition) is 1. The lowest BCUT2D eigenvalue weighted by Gasteiger charge is -2.23. The monoisotopic (exact) mass is 240 g/mol. The highest BCUT2D eigenvalue weighted by Gasteiger charge is 2.12. The summed E-state index contributed by atoms with van der Waals surface area (Å²) in [6, 6.07) is 11.3. The van der Waals surface area contributed by atoms with E-state index in [-0.39, 0.29) is 0 Å². The minimum absolute atomic E-state index is 0.714. The minimum Gasteiger partial charge on any atom is -0.314 e. The number of rotatable bonds is 3. The van der Waals surface area contributed by atoms with Gasteiger partial charge in [-0.3, -0.25) is 4.98 Å². The predicted octanol–water partition coefficient (Wildman–Crippen LogP) is 3.31. The summed E-state index contributed by atoms with van der Waals surface area (Å²) < 4.78 is 0. The molecule has 0 radical (unpaired) electrons. The van der Waals surface area contributed by atoms with Gasteiger partial charge in [0, 0.05) is 17.6 Å². The SMILES string of the molecule is c1ccc2c(CCC3CCCCN3)ccnc2c1. The molecule has 94 valence electrons. The van der Waals surface area contributed by atoms with E-state index in [0.717, 1.165) is 11.9 Å². The van der Waals surface area contributed by atoms with Crippen LogP contribution >= 0.6 is 0 Å². The molecule has 0 bridgehead atoms. The molecule has 1 N–H and O–H groups in total. The molecule has 1 aromatic heterocycles. The zero-order chi connectivity index (χ0) is 12.2. The van der Waals surface area contributed by atoms with E-state index >= 15 is 0 Å². The second-order valence-electron chi connectivity index (χ2n) is 5.17. The first-order chi connectivity index (χ1) is 8.93. The second-order valence-corrected chi connectivity index (χ2v) is 5.17. The summed E-state index contributed by atoms with van der Waals surface area (Å²) in [6.45, 7) is 1.20. The maximum absolute atomic E-state index is 4.42. The number of pyridine rings is 1. The number of piperidine rings is 1. The zero-order valence-electron chi connectivity index (χ0n) is 10.7. The molecule has 1 saturated heterocycles. The number of nitrogens with one attached hydrogen (secondary N) is 1. The summed E-state index contributed by atoms with van der Waals surface area (Å²) in [4.78, 5) is 4.42. The number of aromatic nitrogens is 1. The predicted molar refractivity (Wildman–Crippen MR) is 75.7 cm³/mol. The minimum atomic E-state index is 0.714. The van der Waals surface area contributed by atoms with E-state index < -0.39 is 0 Å². The fourth-order valence-electron chi connectivity index (χ4n) is 2.87. The van der Waals surface area contributed by atoms with Crippen molar-refractivity contribution in [2.24, 2.45) is 0 Å². The Hall–Kier alpha value is -1.41. The van der Waals surface area contributed by atoms with E-state index in [1.165, 1.54) is 43.2 Å². The van der Waals surface area contributed by atoms with Crippen LogP contribution in [0, 0.1) is 0 Å². The van der Waals surface area contributed by atoms with Gasteiger partial charge in [-0.1, -0.05) is 24.6 Å². The van der Waals surface area contributed by atoms with E-state index in [2.05, 4.69) is 40.6 Å². The number of benzene rings is 1. The lowest BCUT2D eigenvalue weighted by Crippen LogP contribution is -2.34. The Morgan fingerprint density at radius 1 is 1.17 bits per heavy atom. The molecule has 0 saturated carbocycles. The van der Waals surface area contributed by atoms with Crippen LogP contribution in [0.1, 0.15) is 31.2 Å². The van der Waals surface area contributed by atoms with Crippen molar-refractivity contribution in [3.05, 3.63) is 42.1 Å². The molecule has 1 aliphatic rings. The first kappa shape index (κ1) is 11.7. The fraction of sp³-hybridized carbons (Fsp3) is 0.438. The van der Waals surface area contributed by atoms with E-state index in [1.54, 1.807) is 0 Å². The number of hydrogen-bond acceptors (Lipinski definition) is 2. The van der Waals surface area contributed by atoms with Gasteiger partial charge in [-0.2, -0.15) is 0 Å². The van der Waals surface area contributed by atoms with Gasteiger partial charge in [0.15, 0.2) is 0 Å². The molecule has 2 aromatic rings. The molecule has 1 aliphatic heterocycles. The average molecular weight is 240 g/mol. The van der Waals surface area contributed by atoms with Crippen LogP contribution in [-0.2, 0) is 6.42 Å². The van der Waals surface area contributed by atoms with Crippen LogP contribution in [0.2, 0.25) is 0 Å². The van der Waals surface area contributed by atoms with Crippen molar-refractivity contribution in [3.8, 4) is 0 Å². The Morgan fingerprint density at radius 3 is 3.00 bits per heavy atom. The Bertz CT molecular complexity index is 510. The van der Waals surface area contributed by atoms with Crippen molar-refractivity contribution in [1.29, 1.82) is 0 Å². The van der Waals surface area contributed by atoms with Gasteiger partial charge in [-0.05, 0) is 49.9 Å². The summed E-state index contributed by atoms with van der Waals surface area (Å²) in [5, 5.41) is 4.94. The summed E-state index contributed by atoms with van der Waals surface area (Å²) in [6.07, 6.45) is 8.40. The molecule has 0 amide bonds. The Kier molecular flexibility index (Phi) is 3.56. The Labute approximate surface area is 108 Å². The third-order valence-electron chi connectivity index (χ3n) is 3.91. The molecule has 18 heavy (non-hydrogen) atoms. The topological polar surface area (TPSA) is 24.9 Å². The van der Waals surface area contributed by atoms with E-state index in [0.29, 0.717) is 6.04 Å². The molecule has 1 atom stereocenters. The number of fused-ring (bicyclic) bond motifs is 1. The van der Waals surface area contributed by atoms with Gasteiger partial charge < -0.3 is 5.32 Å². The highest BCUT2D eigenvalue weighted by Crippen LogP contribution is 2.19.